The van der Waals surface area contributed by atoms with Crippen molar-refractivity contribution in [1.29, 1.82) is 0 Å². The van der Waals surface area contributed by atoms with E-state index in [9.17, 15) is 18.3 Å². The van der Waals surface area contributed by atoms with E-state index in [1.807, 2.05) is 20.8 Å². The number of hydrogen-bond acceptors (Lipinski definition) is 4. The molecule has 1 saturated carbocycles. The fourth-order valence-electron chi connectivity index (χ4n) is 2.44. The van der Waals surface area contributed by atoms with E-state index >= 15 is 0 Å². The lowest BCUT2D eigenvalue weighted by molar-refractivity contribution is -0.137. The summed E-state index contributed by atoms with van der Waals surface area (Å²) in [5, 5.41) is 9.57. The molecular weight excluding hydrogens is 252 g/mol. The van der Waals surface area contributed by atoms with Crippen LogP contribution in [0.4, 0.5) is 0 Å². The number of Topliss-reactive ketones (excluding diaryl/α,β-unsaturated/α-hetero) is 1. The molecule has 4 nitrogen and oxygen atoms in total. The van der Waals surface area contributed by atoms with Gasteiger partial charge < -0.3 is 5.11 Å². The molecule has 3 atom stereocenters. The van der Waals surface area contributed by atoms with Gasteiger partial charge in [-0.05, 0) is 24.7 Å². The summed E-state index contributed by atoms with van der Waals surface area (Å²) in [4.78, 5) is 12.2. The summed E-state index contributed by atoms with van der Waals surface area (Å²) in [5.74, 6) is -0.511. The fourth-order valence-corrected chi connectivity index (χ4v) is 3.62. The van der Waals surface area contributed by atoms with Crippen LogP contribution in [-0.4, -0.2) is 36.9 Å². The number of hydrogen-bond donors (Lipinski definition) is 1. The van der Waals surface area contributed by atoms with Crippen LogP contribution in [0.5, 0.6) is 0 Å². The van der Waals surface area contributed by atoms with Gasteiger partial charge in [0.25, 0.3) is 0 Å². The van der Waals surface area contributed by atoms with Gasteiger partial charge in [0.05, 0.1) is 5.25 Å². The van der Waals surface area contributed by atoms with E-state index in [0.717, 1.165) is 6.42 Å². The number of aliphatic hydroxyl groups excluding tert-OH is 1. The highest BCUT2D eigenvalue weighted by molar-refractivity contribution is 7.91. The second kappa shape index (κ2) is 5.29. The van der Waals surface area contributed by atoms with Gasteiger partial charge in [-0.2, -0.15) is 0 Å². The van der Waals surface area contributed by atoms with Gasteiger partial charge in [-0.1, -0.05) is 27.2 Å². The van der Waals surface area contributed by atoms with Crippen molar-refractivity contribution in [1.82, 2.24) is 0 Å². The Balaban J connectivity index is 2.76. The quantitative estimate of drug-likeness (QED) is 0.849. The van der Waals surface area contributed by atoms with Crippen LogP contribution in [0.3, 0.4) is 0 Å². The third-order valence-corrected chi connectivity index (χ3v) is 5.36. The zero-order valence-electron chi connectivity index (χ0n) is 11.6. The van der Waals surface area contributed by atoms with Crippen LogP contribution < -0.4 is 0 Å². The third kappa shape index (κ3) is 3.79. The van der Waals surface area contributed by atoms with Crippen molar-refractivity contribution in [2.75, 3.05) is 6.26 Å². The molecule has 1 fully saturated rings. The van der Waals surface area contributed by atoms with Gasteiger partial charge in [0, 0.05) is 12.2 Å². The molecule has 1 aliphatic rings. The van der Waals surface area contributed by atoms with Gasteiger partial charge in [0.1, 0.15) is 15.9 Å². The molecule has 0 aromatic carbocycles. The molecule has 5 heteroatoms. The van der Waals surface area contributed by atoms with E-state index in [1.165, 1.54) is 6.26 Å². The van der Waals surface area contributed by atoms with Gasteiger partial charge in [0.2, 0.25) is 0 Å². The molecule has 1 rings (SSSR count). The summed E-state index contributed by atoms with van der Waals surface area (Å²) < 4.78 is 23.1. The third-order valence-electron chi connectivity index (χ3n) is 3.72. The van der Waals surface area contributed by atoms with Gasteiger partial charge in [-0.15, -0.1) is 0 Å². The summed E-state index contributed by atoms with van der Waals surface area (Å²) in [6, 6.07) is 0. The van der Waals surface area contributed by atoms with Crippen LogP contribution in [0.15, 0.2) is 0 Å². The first-order valence-corrected chi connectivity index (χ1v) is 8.39. The summed E-state index contributed by atoms with van der Waals surface area (Å²) in [5.41, 5.74) is -0.491. The molecule has 3 unspecified atom stereocenters. The zero-order valence-corrected chi connectivity index (χ0v) is 12.5. The predicted molar refractivity (Wildman–Crippen MR) is 71.1 cm³/mol. The highest BCUT2D eigenvalue weighted by Crippen LogP contribution is 2.32. The van der Waals surface area contributed by atoms with Gasteiger partial charge >= 0.3 is 0 Å². The smallest absolute Gasteiger partial charge is 0.164 e. The standard InChI is InChI=1S/C13H24O4S/c1-13(2,3)12(15)11(14)9-6-5-7-10(8-9)18(4,16)17/h9-10,12,15H,5-8H2,1-4H3. The predicted octanol–water partition coefficient (Wildman–Crippen LogP) is 1.57. The van der Waals surface area contributed by atoms with Crippen molar-refractivity contribution in [3.63, 3.8) is 0 Å². The maximum Gasteiger partial charge on any atom is 0.164 e. The van der Waals surface area contributed by atoms with Crippen molar-refractivity contribution >= 4 is 15.6 Å². The molecule has 0 spiro atoms. The Morgan fingerprint density at radius 2 is 1.83 bits per heavy atom. The van der Waals surface area contributed by atoms with Crippen LogP contribution in [-0.2, 0) is 14.6 Å². The van der Waals surface area contributed by atoms with Crippen molar-refractivity contribution < 1.29 is 18.3 Å². The van der Waals surface area contributed by atoms with E-state index in [1.54, 1.807) is 0 Å². The van der Waals surface area contributed by atoms with Crippen LogP contribution >= 0.6 is 0 Å². The number of rotatable bonds is 3. The Morgan fingerprint density at radius 3 is 2.28 bits per heavy atom. The molecule has 18 heavy (non-hydrogen) atoms. The highest BCUT2D eigenvalue weighted by atomic mass is 32.2. The maximum absolute atomic E-state index is 12.2. The Kier molecular flexibility index (Phi) is 4.60. The summed E-state index contributed by atoms with van der Waals surface area (Å²) in [6.07, 6.45) is 2.65. The first-order valence-electron chi connectivity index (χ1n) is 6.44. The molecule has 0 aromatic heterocycles. The molecule has 1 N–H and O–H groups in total. The molecule has 0 saturated heterocycles. The lowest BCUT2D eigenvalue weighted by Crippen LogP contribution is -2.41. The largest absolute Gasteiger partial charge is 0.385 e. The molecule has 0 radical (unpaired) electrons. The molecule has 0 aromatic rings. The number of carbonyl (C=O) groups excluding carboxylic acids is 1. The average Bonchev–Trinajstić information content (AvgIpc) is 2.25. The Morgan fingerprint density at radius 1 is 1.28 bits per heavy atom. The van der Waals surface area contributed by atoms with Crippen molar-refractivity contribution in [2.45, 2.75) is 57.8 Å². The minimum absolute atomic E-state index is 0.198. The maximum atomic E-state index is 12.2. The van der Waals surface area contributed by atoms with Gasteiger partial charge in [-0.25, -0.2) is 8.42 Å². The second-order valence-electron chi connectivity index (χ2n) is 6.49. The monoisotopic (exact) mass is 276 g/mol. The van der Waals surface area contributed by atoms with Gasteiger partial charge in [0.15, 0.2) is 5.78 Å². The van der Waals surface area contributed by atoms with E-state index in [2.05, 4.69) is 0 Å². The van der Waals surface area contributed by atoms with E-state index in [0.29, 0.717) is 19.3 Å². The molecule has 1 aliphatic carbocycles. The van der Waals surface area contributed by atoms with E-state index < -0.39 is 26.6 Å². The Bertz CT molecular complexity index is 405. The molecule has 0 aliphatic heterocycles. The number of aliphatic hydroxyl groups is 1. The molecule has 0 amide bonds. The molecular formula is C13H24O4S. The van der Waals surface area contributed by atoms with Gasteiger partial charge in [-0.3, -0.25) is 4.79 Å². The molecule has 106 valence electrons. The Hall–Kier alpha value is -0.420. The lowest BCUT2D eigenvalue weighted by Gasteiger charge is -2.32. The topological polar surface area (TPSA) is 71.4 Å². The van der Waals surface area contributed by atoms with Crippen LogP contribution in [0.1, 0.15) is 46.5 Å². The number of carbonyl (C=O) groups is 1. The number of sulfone groups is 1. The SMILES string of the molecule is CC(C)(C)C(O)C(=O)C1CCCC(S(C)(=O)=O)C1. The summed E-state index contributed by atoms with van der Waals surface area (Å²) in [6.45, 7) is 5.44. The average molecular weight is 276 g/mol. The van der Waals surface area contributed by atoms with Crippen molar-refractivity contribution in [2.24, 2.45) is 11.3 Å². The normalized spacial score (nSPS) is 27.8. The van der Waals surface area contributed by atoms with Crippen molar-refractivity contribution in [3.05, 3.63) is 0 Å². The highest BCUT2D eigenvalue weighted by Gasteiger charge is 2.38. The summed E-state index contributed by atoms with van der Waals surface area (Å²) >= 11 is 0. The van der Waals surface area contributed by atoms with Crippen LogP contribution in [0, 0.1) is 11.3 Å². The zero-order chi connectivity index (χ0) is 14.1. The van der Waals surface area contributed by atoms with E-state index in [-0.39, 0.29) is 11.7 Å². The molecule has 0 heterocycles. The first kappa shape index (κ1) is 15.6. The summed E-state index contributed by atoms with van der Waals surface area (Å²) in [7, 11) is -3.09. The minimum atomic E-state index is -3.09. The van der Waals surface area contributed by atoms with Crippen LogP contribution in [0.2, 0.25) is 0 Å². The fraction of sp³-hybridized carbons (Fsp3) is 0.923. The molecule has 0 bridgehead atoms. The lowest BCUT2D eigenvalue weighted by atomic mass is 9.77. The second-order valence-corrected chi connectivity index (χ2v) is 8.81. The van der Waals surface area contributed by atoms with E-state index in [4.69, 9.17) is 0 Å². The first-order chi connectivity index (χ1) is 8.03. The van der Waals surface area contributed by atoms with Crippen LogP contribution in [0.25, 0.3) is 0 Å². The minimum Gasteiger partial charge on any atom is -0.385 e. The Labute approximate surface area is 110 Å². The van der Waals surface area contributed by atoms with Crippen molar-refractivity contribution in [3.8, 4) is 0 Å². The number of ketones is 1.